The highest BCUT2D eigenvalue weighted by Crippen LogP contribution is 2.41. The minimum absolute atomic E-state index is 0. The van der Waals surface area contributed by atoms with Crippen LogP contribution in [0.5, 0.6) is 5.75 Å². The number of carbonyl (C=O) groups is 2. The summed E-state index contributed by atoms with van der Waals surface area (Å²) in [6.07, 6.45) is 8.84. The summed E-state index contributed by atoms with van der Waals surface area (Å²) in [5.74, 6) is 2.15. The maximum atomic E-state index is 13.8. The predicted molar refractivity (Wildman–Crippen MR) is 150 cm³/mol. The van der Waals surface area contributed by atoms with Gasteiger partial charge in [0.1, 0.15) is 17.3 Å². The number of halogens is 1. The molecule has 7 nitrogen and oxygen atoms in total. The SMILES string of the molecule is CCCCN1C(=O)[C@@H]([C@H](O)C2CCCCC2)NC(=O)C12CCN(C[C@@H]1C[C@@H]1COc1ccccc1)CC2.Cl. The summed E-state index contributed by atoms with van der Waals surface area (Å²) in [4.78, 5) is 31.8. The lowest BCUT2D eigenvalue weighted by atomic mass is 9.78. The van der Waals surface area contributed by atoms with Crippen LogP contribution in [0.15, 0.2) is 30.3 Å². The number of piperazine rings is 1. The first-order valence-corrected chi connectivity index (χ1v) is 14.7. The van der Waals surface area contributed by atoms with Gasteiger partial charge in [-0.15, -0.1) is 12.4 Å². The number of amides is 2. The van der Waals surface area contributed by atoms with Crippen LogP contribution in [-0.4, -0.2) is 77.2 Å². The normalized spacial score (nSPS) is 28.5. The Labute approximate surface area is 234 Å². The number of nitrogens with zero attached hydrogens (tertiary/aromatic N) is 2. The number of hydrogen-bond donors (Lipinski definition) is 2. The summed E-state index contributed by atoms with van der Waals surface area (Å²) in [6.45, 7) is 6.15. The standard InChI is InChI=1S/C30H45N3O4.ClH/c1-2-3-16-33-28(35)26(27(34)22-10-6-4-7-11-22)31-29(36)30(33)14-17-32(18-15-30)20-23-19-24(23)21-37-25-12-8-5-9-13-25;/h5,8-9,12-13,22-24,26-27,34H,2-4,6-7,10-11,14-21H2,1H3,(H,31,36);1H/t23-,24+,26+,27+;/m0./s1. The van der Waals surface area contributed by atoms with Gasteiger partial charge in [0.05, 0.1) is 12.7 Å². The number of aliphatic hydroxyl groups is 1. The Morgan fingerprint density at radius 1 is 1.08 bits per heavy atom. The molecule has 0 aromatic heterocycles. The van der Waals surface area contributed by atoms with E-state index in [-0.39, 0.29) is 30.1 Å². The third-order valence-electron chi connectivity index (χ3n) is 9.42. The molecule has 4 fully saturated rings. The Bertz CT molecular complexity index is 917. The van der Waals surface area contributed by atoms with Crippen LogP contribution in [0.2, 0.25) is 0 Å². The van der Waals surface area contributed by atoms with Crippen LogP contribution in [0.25, 0.3) is 0 Å². The van der Waals surface area contributed by atoms with Crippen molar-refractivity contribution in [2.45, 2.75) is 88.8 Å². The minimum atomic E-state index is -0.798. The van der Waals surface area contributed by atoms with Crippen LogP contribution in [0.1, 0.15) is 71.1 Å². The lowest BCUT2D eigenvalue weighted by Crippen LogP contribution is -2.75. The van der Waals surface area contributed by atoms with E-state index in [1.807, 2.05) is 35.2 Å². The van der Waals surface area contributed by atoms with E-state index < -0.39 is 17.7 Å². The van der Waals surface area contributed by atoms with Gasteiger partial charge in [-0.25, -0.2) is 0 Å². The number of likely N-dealkylation sites (tertiary alicyclic amines) is 1. The Hall–Kier alpha value is -1.83. The first-order chi connectivity index (χ1) is 18.0. The number of para-hydroxylation sites is 1. The molecule has 8 heteroatoms. The Balaban J connectivity index is 0.00000336. The van der Waals surface area contributed by atoms with Gasteiger partial charge in [0.15, 0.2) is 0 Å². The fraction of sp³-hybridized carbons (Fsp3) is 0.733. The molecule has 1 spiro atoms. The fourth-order valence-electron chi connectivity index (χ4n) is 6.85. The zero-order chi connectivity index (χ0) is 25.8. The fourth-order valence-corrected chi connectivity index (χ4v) is 6.85. The van der Waals surface area contributed by atoms with E-state index in [0.717, 1.165) is 70.5 Å². The highest BCUT2D eigenvalue weighted by molar-refractivity contribution is 6.00. The molecule has 2 heterocycles. The molecular formula is C30H46ClN3O4. The number of unbranched alkanes of at least 4 members (excludes halogenated alkanes) is 1. The monoisotopic (exact) mass is 547 g/mol. The zero-order valence-corrected chi connectivity index (χ0v) is 23.7. The van der Waals surface area contributed by atoms with Gasteiger partial charge in [0.25, 0.3) is 0 Å². The third kappa shape index (κ3) is 6.31. The van der Waals surface area contributed by atoms with Crippen LogP contribution in [-0.2, 0) is 9.59 Å². The molecule has 4 aliphatic rings. The highest BCUT2D eigenvalue weighted by Gasteiger charge is 2.55. The van der Waals surface area contributed by atoms with Crippen molar-refractivity contribution < 1.29 is 19.4 Å². The van der Waals surface area contributed by atoms with Gasteiger partial charge in [-0.2, -0.15) is 0 Å². The molecule has 38 heavy (non-hydrogen) atoms. The van der Waals surface area contributed by atoms with Crippen molar-refractivity contribution in [1.29, 1.82) is 0 Å². The number of rotatable bonds is 10. The summed E-state index contributed by atoms with van der Waals surface area (Å²) in [7, 11) is 0. The van der Waals surface area contributed by atoms with Crippen LogP contribution < -0.4 is 10.1 Å². The lowest BCUT2D eigenvalue weighted by molar-refractivity contribution is -0.166. The van der Waals surface area contributed by atoms with Gasteiger partial charge >= 0.3 is 0 Å². The van der Waals surface area contributed by atoms with E-state index in [2.05, 4.69) is 17.1 Å². The second kappa shape index (κ2) is 13.0. The summed E-state index contributed by atoms with van der Waals surface area (Å²) >= 11 is 0. The van der Waals surface area contributed by atoms with Crippen molar-refractivity contribution in [1.82, 2.24) is 15.1 Å². The third-order valence-corrected chi connectivity index (χ3v) is 9.42. The topological polar surface area (TPSA) is 82.1 Å². The number of hydrogen-bond acceptors (Lipinski definition) is 5. The second-order valence-electron chi connectivity index (χ2n) is 11.9. The number of benzene rings is 1. The first-order valence-electron chi connectivity index (χ1n) is 14.7. The van der Waals surface area contributed by atoms with Crippen molar-refractivity contribution in [3.05, 3.63) is 30.3 Å². The van der Waals surface area contributed by atoms with Crippen molar-refractivity contribution in [3.8, 4) is 5.75 Å². The molecule has 5 rings (SSSR count). The average Bonchev–Trinajstić information content (AvgIpc) is 3.69. The van der Waals surface area contributed by atoms with Crippen molar-refractivity contribution in [2.75, 3.05) is 32.8 Å². The van der Waals surface area contributed by atoms with Crippen molar-refractivity contribution >= 4 is 24.2 Å². The van der Waals surface area contributed by atoms with Crippen LogP contribution >= 0.6 is 12.4 Å². The molecule has 2 saturated heterocycles. The number of ether oxygens (including phenoxy) is 1. The number of carbonyl (C=O) groups excluding carboxylic acids is 2. The van der Waals surface area contributed by atoms with Gasteiger partial charge in [0.2, 0.25) is 11.8 Å². The molecule has 2 aliphatic heterocycles. The van der Waals surface area contributed by atoms with E-state index in [1.165, 1.54) is 12.8 Å². The van der Waals surface area contributed by atoms with E-state index in [0.29, 0.717) is 31.2 Å². The van der Waals surface area contributed by atoms with Crippen molar-refractivity contribution in [3.63, 3.8) is 0 Å². The van der Waals surface area contributed by atoms with Gasteiger partial charge in [-0.3, -0.25) is 9.59 Å². The second-order valence-corrected chi connectivity index (χ2v) is 11.9. The van der Waals surface area contributed by atoms with Crippen LogP contribution in [0.3, 0.4) is 0 Å². The van der Waals surface area contributed by atoms with E-state index in [1.54, 1.807) is 0 Å². The van der Waals surface area contributed by atoms with E-state index in [4.69, 9.17) is 4.74 Å². The molecule has 0 bridgehead atoms. The summed E-state index contributed by atoms with van der Waals surface area (Å²) in [6, 6.07) is 9.20. The molecule has 1 aromatic rings. The first kappa shape index (κ1) is 29.2. The minimum Gasteiger partial charge on any atom is -0.493 e. The maximum Gasteiger partial charge on any atom is 0.248 e. The molecule has 0 radical (unpaired) electrons. The Kier molecular flexibility index (Phi) is 9.99. The molecule has 2 saturated carbocycles. The van der Waals surface area contributed by atoms with Crippen molar-refractivity contribution in [2.24, 2.45) is 17.8 Å². The van der Waals surface area contributed by atoms with Gasteiger partial charge in [-0.05, 0) is 68.4 Å². The molecule has 2 aliphatic carbocycles. The number of nitrogens with one attached hydrogen (secondary N) is 1. The van der Waals surface area contributed by atoms with Gasteiger partial charge in [0, 0.05) is 26.2 Å². The van der Waals surface area contributed by atoms with Crippen LogP contribution in [0, 0.1) is 17.8 Å². The summed E-state index contributed by atoms with van der Waals surface area (Å²) < 4.78 is 5.95. The Morgan fingerprint density at radius 2 is 1.79 bits per heavy atom. The quantitative estimate of drug-likeness (QED) is 0.462. The summed E-state index contributed by atoms with van der Waals surface area (Å²) in [5, 5.41) is 14.1. The van der Waals surface area contributed by atoms with Gasteiger partial charge in [-0.1, -0.05) is 50.8 Å². The largest absolute Gasteiger partial charge is 0.493 e. The van der Waals surface area contributed by atoms with Crippen LogP contribution in [0.4, 0.5) is 0 Å². The molecular weight excluding hydrogens is 502 g/mol. The molecule has 2 amide bonds. The van der Waals surface area contributed by atoms with E-state index in [9.17, 15) is 14.7 Å². The summed E-state index contributed by atoms with van der Waals surface area (Å²) in [5.41, 5.74) is -0.773. The number of aliphatic hydroxyl groups excluding tert-OH is 1. The molecule has 212 valence electrons. The average molecular weight is 548 g/mol. The van der Waals surface area contributed by atoms with Gasteiger partial charge < -0.3 is 25.0 Å². The maximum absolute atomic E-state index is 13.8. The lowest BCUT2D eigenvalue weighted by Gasteiger charge is -2.52. The zero-order valence-electron chi connectivity index (χ0n) is 22.9. The molecule has 0 unspecified atom stereocenters. The molecule has 1 aromatic carbocycles. The smallest absolute Gasteiger partial charge is 0.248 e. The van der Waals surface area contributed by atoms with E-state index >= 15 is 0 Å². The Morgan fingerprint density at radius 3 is 2.47 bits per heavy atom. The highest BCUT2D eigenvalue weighted by atomic mass is 35.5. The number of piperidine rings is 1. The molecule has 4 atom stereocenters. The molecule has 2 N–H and O–H groups in total. The predicted octanol–water partition coefficient (Wildman–Crippen LogP) is 4.03.